The molecule has 0 fully saturated rings. The molecule has 8 heteroatoms. The summed E-state index contributed by atoms with van der Waals surface area (Å²) in [6, 6.07) is 11.7. The summed E-state index contributed by atoms with van der Waals surface area (Å²) in [5.41, 5.74) is 0.625. The molecule has 2 rings (SSSR count). The third kappa shape index (κ3) is 5.75. The van der Waals surface area contributed by atoms with Crippen molar-refractivity contribution in [2.24, 2.45) is 0 Å². The molecule has 0 spiro atoms. The molecule has 0 aliphatic heterocycles. The molecule has 0 aliphatic rings. The van der Waals surface area contributed by atoms with E-state index >= 15 is 0 Å². The van der Waals surface area contributed by atoms with E-state index in [2.05, 4.69) is 10.1 Å². The number of benzene rings is 2. The van der Waals surface area contributed by atoms with E-state index in [1.165, 1.54) is 48.5 Å². The maximum Gasteiger partial charge on any atom is 0.387 e. The molecule has 128 valence electrons. The second-order valence-corrected chi connectivity index (χ2v) is 5.60. The molecule has 2 aromatic rings. The van der Waals surface area contributed by atoms with Gasteiger partial charge in [-0.15, -0.1) is 0 Å². The molecule has 0 bridgehead atoms. The highest BCUT2D eigenvalue weighted by Crippen LogP contribution is 2.23. The molecule has 1 amide bonds. The SMILES string of the molecule is N#CC(=Cc1ccc(OC(F)F)cc1)C(=O)Nc1cc(Cl)cc(Cl)c1. The molecule has 25 heavy (non-hydrogen) atoms. The Hall–Kier alpha value is -2.62. The van der Waals surface area contributed by atoms with E-state index in [1.54, 1.807) is 6.07 Å². The van der Waals surface area contributed by atoms with Gasteiger partial charge in [0.1, 0.15) is 17.4 Å². The highest BCUT2D eigenvalue weighted by molar-refractivity contribution is 6.35. The van der Waals surface area contributed by atoms with Crippen LogP contribution in [0, 0.1) is 11.3 Å². The molecule has 0 saturated heterocycles. The first-order chi connectivity index (χ1) is 11.9. The Bertz CT molecular complexity index is 826. The van der Waals surface area contributed by atoms with E-state index in [1.807, 2.05) is 0 Å². The highest BCUT2D eigenvalue weighted by atomic mass is 35.5. The van der Waals surface area contributed by atoms with Crippen molar-refractivity contribution in [2.45, 2.75) is 6.61 Å². The standard InChI is InChI=1S/C17H10Cl2F2N2O2/c18-12-6-13(19)8-14(7-12)23-16(24)11(9-22)5-10-1-3-15(4-2-10)25-17(20)21/h1-8,17H,(H,23,24). The van der Waals surface area contributed by atoms with Crippen LogP contribution in [0.4, 0.5) is 14.5 Å². The van der Waals surface area contributed by atoms with Crippen LogP contribution in [0.15, 0.2) is 48.0 Å². The predicted octanol–water partition coefficient (Wildman–Crippen LogP) is 5.14. The summed E-state index contributed by atoms with van der Waals surface area (Å²) >= 11 is 11.7. The van der Waals surface area contributed by atoms with Gasteiger partial charge in [0, 0.05) is 15.7 Å². The molecular formula is C17H10Cl2F2N2O2. The van der Waals surface area contributed by atoms with Crippen molar-refractivity contribution in [1.82, 2.24) is 0 Å². The molecule has 0 heterocycles. The zero-order valence-corrected chi connectivity index (χ0v) is 14.0. The molecular weight excluding hydrogens is 373 g/mol. The quantitative estimate of drug-likeness (QED) is 0.575. The fraction of sp³-hybridized carbons (Fsp3) is 0.0588. The zero-order chi connectivity index (χ0) is 18.4. The molecule has 4 nitrogen and oxygen atoms in total. The normalized spacial score (nSPS) is 11.1. The highest BCUT2D eigenvalue weighted by Gasteiger charge is 2.11. The van der Waals surface area contributed by atoms with Gasteiger partial charge in [0.15, 0.2) is 0 Å². The maximum atomic E-state index is 12.2. The smallest absolute Gasteiger partial charge is 0.387 e. The Morgan fingerprint density at radius 3 is 2.28 bits per heavy atom. The zero-order valence-electron chi connectivity index (χ0n) is 12.5. The van der Waals surface area contributed by atoms with Crippen LogP contribution in [0.1, 0.15) is 5.56 Å². The van der Waals surface area contributed by atoms with Crippen LogP contribution in [0.3, 0.4) is 0 Å². The number of ether oxygens (including phenoxy) is 1. The number of amides is 1. The first-order valence-corrected chi connectivity index (χ1v) is 7.57. The lowest BCUT2D eigenvalue weighted by Gasteiger charge is -2.06. The van der Waals surface area contributed by atoms with Crippen molar-refractivity contribution in [1.29, 1.82) is 5.26 Å². The van der Waals surface area contributed by atoms with Gasteiger partial charge in [-0.1, -0.05) is 35.3 Å². The Morgan fingerprint density at radius 1 is 1.16 bits per heavy atom. The van der Waals surface area contributed by atoms with Gasteiger partial charge in [-0.05, 0) is 42.0 Å². The van der Waals surface area contributed by atoms with Gasteiger partial charge in [0.05, 0.1) is 0 Å². The number of hydrogen-bond donors (Lipinski definition) is 1. The molecule has 0 aliphatic carbocycles. The Kier molecular flexibility index (Phi) is 6.34. The number of alkyl halides is 2. The second kappa shape index (κ2) is 8.47. The first-order valence-electron chi connectivity index (χ1n) is 6.81. The van der Waals surface area contributed by atoms with Gasteiger partial charge in [-0.25, -0.2) is 0 Å². The van der Waals surface area contributed by atoms with Crippen LogP contribution < -0.4 is 10.1 Å². The monoisotopic (exact) mass is 382 g/mol. The number of hydrogen-bond acceptors (Lipinski definition) is 3. The van der Waals surface area contributed by atoms with E-state index in [4.69, 9.17) is 28.5 Å². The summed E-state index contributed by atoms with van der Waals surface area (Å²) in [6.07, 6.45) is 1.31. The van der Waals surface area contributed by atoms with E-state index in [-0.39, 0.29) is 11.3 Å². The van der Waals surface area contributed by atoms with Crippen molar-refractivity contribution >= 4 is 40.9 Å². The molecule has 0 aromatic heterocycles. The number of anilines is 1. The van der Waals surface area contributed by atoms with Crippen LogP contribution in [-0.4, -0.2) is 12.5 Å². The molecule has 2 aromatic carbocycles. The lowest BCUT2D eigenvalue weighted by atomic mass is 10.1. The summed E-state index contributed by atoms with van der Waals surface area (Å²) in [5.74, 6) is -0.683. The van der Waals surface area contributed by atoms with Gasteiger partial charge in [0.2, 0.25) is 0 Å². The number of nitriles is 1. The second-order valence-electron chi connectivity index (χ2n) is 4.73. The van der Waals surface area contributed by atoms with Crippen LogP contribution in [0.25, 0.3) is 6.08 Å². The van der Waals surface area contributed by atoms with E-state index < -0.39 is 12.5 Å². The summed E-state index contributed by atoms with van der Waals surface area (Å²) < 4.78 is 28.4. The Labute approximate surface area is 152 Å². The predicted molar refractivity (Wildman–Crippen MR) is 91.8 cm³/mol. The maximum absolute atomic E-state index is 12.2. The van der Waals surface area contributed by atoms with Crippen molar-refractivity contribution in [2.75, 3.05) is 5.32 Å². The van der Waals surface area contributed by atoms with E-state index in [9.17, 15) is 13.6 Å². The van der Waals surface area contributed by atoms with E-state index in [0.29, 0.717) is 21.3 Å². The minimum Gasteiger partial charge on any atom is -0.435 e. The van der Waals surface area contributed by atoms with Crippen molar-refractivity contribution < 1.29 is 18.3 Å². The molecule has 0 atom stereocenters. The van der Waals surface area contributed by atoms with Crippen molar-refractivity contribution in [3.63, 3.8) is 0 Å². The minimum absolute atomic E-state index is 0.0244. The largest absolute Gasteiger partial charge is 0.435 e. The lowest BCUT2D eigenvalue weighted by Crippen LogP contribution is -2.13. The number of nitrogens with one attached hydrogen (secondary N) is 1. The van der Waals surface area contributed by atoms with Gasteiger partial charge in [0.25, 0.3) is 5.91 Å². The Balaban J connectivity index is 2.16. The number of rotatable bonds is 5. The third-order valence-electron chi connectivity index (χ3n) is 2.90. The summed E-state index contributed by atoms with van der Waals surface area (Å²) in [6.45, 7) is -2.92. The fourth-order valence-corrected chi connectivity index (χ4v) is 2.41. The van der Waals surface area contributed by atoms with Gasteiger partial charge >= 0.3 is 6.61 Å². The van der Waals surface area contributed by atoms with Crippen LogP contribution in [-0.2, 0) is 4.79 Å². The molecule has 1 N–H and O–H groups in total. The van der Waals surface area contributed by atoms with Gasteiger partial charge in [-0.3, -0.25) is 4.79 Å². The minimum atomic E-state index is -2.92. The lowest BCUT2D eigenvalue weighted by molar-refractivity contribution is -0.112. The van der Waals surface area contributed by atoms with Gasteiger partial charge < -0.3 is 10.1 Å². The van der Waals surface area contributed by atoms with Crippen LogP contribution in [0.2, 0.25) is 10.0 Å². The number of nitrogens with zero attached hydrogens (tertiary/aromatic N) is 1. The molecule has 0 radical (unpaired) electrons. The topological polar surface area (TPSA) is 62.1 Å². The average Bonchev–Trinajstić information content (AvgIpc) is 2.52. The average molecular weight is 383 g/mol. The van der Waals surface area contributed by atoms with Crippen LogP contribution in [0.5, 0.6) is 5.75 Å². The third-order valence-corrected chi connectivity index (χ3v) is 3.34. The molecule has 0 unspecified atom stereocenters. The summed E-state index contributed by atoms with van der Waals surface area (Å²) in [4.78, 5) is 12.2. The first kappa shape index (κ1) is 18.7. The van der Waals surface area contributed by atoms with Crippen LogP contribution >= 0.6 is 23.2 Å². The number of halogens is 4. The van der Waals surface area contributed by atoms with E-state index in [0.717, 1.165) is 0 Å². The number of carbonyl (C=O) groups is 1. The number of carbonyl (C=O) groups excluding carboxylic acids is 1. The summed E-state index contributed by atoms with van der Waals surface area (Å²) in [7, 11) is 0. The molecule has 0 saturated carbocycles. The fourth-order valence-electron chi connectivity index (χ4n) is 1.89. The van der Waals surface area contributed by atoms with Gasteiger partial charge in [-0.2, -0.15) is 14.0 Å². The Morgan fingerprint density at radius 2 is 1.76 bits per heavy atom. The van der Waals surface area contributed by atoms with Crippen molar-refractivity contribution in [3.8, 4) is 11.8 Å². The summed E-state index contributed by atoms with van der Waals surface area (Å²) in [5, 5.41) is 12.3. The van der Waals surface area contributed by atoms with Crippen molar-refractivity contribution in [3.05, 3.63) is 63.6 Å².